The summed E-state index contributed by atoms with van der Waals surface area (Å²) in [5, 5.41) is 0. The van der Waals surface area contributed by atoms with Crippen LogP contribution in [0.25, 0.3) is 17.0 Å². The Morgan fingerprint density at radius 1 is 1.00 bits per heavy atom. The van der Waals surface area contributed by atoms with Crippen molar-refractivity contribution in [3.05, 3.63) is 66.0 Å². The molecule has 27 heavy (non-hydrogen) atoms. The van der Waals surface area contributed by atoms with E-state index in [9.17, 15) is 8.78 Å². The van der Waals surface area contributed by atoms with E-state index in [0.717, 1.165) is 17.0 Å². The highest BCUT2D eigenvalue weighted by Gasteiger charge is 2.23. The van der Waals surface area contributed by atoms with E-state index in [-0.39, 0.29) is 11.9 Å². The molecule has 0 N–H and O–H groups in total. The Morgan fingerprint density at radius 3 is 2.07 bits per heavy atom. The molecule has 1 heterocycles. The molecular weight excluding hydrogens is 354 g/mol. The van der Waals surface area contributed by atoms with Crippen LogP contribution in [0.4, 0.5) is 8.78 Å². The number of hydrogen-bond donors (Lipinski definition) is 0. The lowest BCUT2D eigenvalue weighted by Crippen LogP contribution is -2.20. The van der Waals surface area contributed by atoms with Gasteiger partial charge in [-0.05, 0) is 41.4 Å². The van der Waals surface area contributed by atoms with Crippen molar-refractivity contribution in [3.63, 3.8) is 0 Å². The van der Waals surface area contributed by atoms with Gasteiger partial charge in [-0.3, -0.25) is 0 Å². The summed E-state index contributed by atoms with van der Waals surface area (Å²) in [4.78, 5) is 0. The fourth-order valence-electron chi connectivity index (χ4n) is 4.19. The molecule has 0 radical (unpaired) electrons. The molecule has 0 aromatic heterocycles. The van der Waals surface area contributed by atoms with Crippen LogP contribution in [-0.4, -0.2) is 8.80 Å². The van der Waals surface area contributed by atoms with Gasteiger partial charge in [-0.2, -0.15) is 0 Å². The lowest BCUT2D eigenvalue weighted by atomic mass is 9.92. The first-order chi connectivity index (χ1) is 13.1. The van der Waals surface area contributed by atoms with Crippen molar-refractivity contribution in [3.8, 4) is 11.1 Å². The third-order valence-electron chi connectivity index (χ3n) is 5.97. The van der Waals surface area contributed by atoms with E-state index in [2.05, 4.69) is 38.1 Å². The molecule has 2 aromatic rings. The van der Waals surface area contributed by atoms with Gasteiger partial charge in [-0.1, -0.05) is 86.9 Å². The molecule has 1 aliphatic heterocycles. The quantitative estimate of drug-likeness (QED) is 0.447. The van der Waals surface area contributed by atoms with Gasteiger partial charge in [-0.25, -0.2) is 8.78 Å². The van der Waals surface area contributed by atoms with Crippen LogP contribution in [0.5, 0.6) is 0 Å². The summed E-state index contributed by atoms with van der Waals surface area (Å²) in [6.45, 7) is 4.67. The zero-order valence-electron chi connectivity index (χ0n) is 16.4. The summed E-state index contributed by atoms with van der Waals surface area (Å²) < 4.78 is 25.5. The molecule has 0 amide bonds. The Morgan fingerprint density at radius 2 is 1.56 bits per heavy atom. The van der Waals surface area contributed by atoms with E-state index >= 15 is 0 Å². The molecule has 1 saturated heterocycles. The zero-order valence-corrected chi connectivity index (χ0v) is 17.6. The van der Waals surface area contributed by atoms with Crippen molar-refractivity contribution in [2.24, 2.45) is 5.92 Å². The molecule has 1 fully saturated rings. The second-order valence-electron chi connectivity index (χ2n) is 8.35. The third-order valence-corrected chi connectivity index (χ3v) is 9.42. The average molecular weight is 385 g/mol. The van der Waals surface area contributed by atoms with Crippen molar-refractivity contribution < 1.29 is 8.78 Å². The van der Waals surface area contributed by atoms with Gasteiger partial charge in [0.1, 0.15) is 6.33 Å². The van der Waals surface area contributed by atoms with Gasteiger partial charge in [-0.15, -0.1) is 0 Å². The Labute approximate surface area is 163 Å². The van der Waals surface area contributed by atoms with Crippen molar-refractivity contribution in [2.75, 3.05) is 0 Å². The maximum atomic E-state index is 13.3. The fourth-order valence-corrected chi connectivity index (χ4v) is 7.94. The number of halogens is 2. The molecule has 2 aromatic carbocycles. The molecule has 0 saturated carbocycles. The fraction of sp³-hybridized carbons (Fsp3) is 0.417. The van der Waals surface area contributed by atoms with Gasteiger partial charge >= 0.3 is 0 Å². The van der Waals surface area contributed by atoms with Crippen molar-refractivity contribution in [1.82, 2.24) is 0 Å². The second kappa shape index (κ2) is 9.45. The van der Waals surface area contributed by atoms with Crippen LogP contribution in [0.2, 0.25) is 18.1 Å². The van der Waals surface area contributed by atoms with Gasteiger partial charge in [0.15, 0.2) is 5.83 Å². The molecular formula is C24H30F2Si. The van der Waals surface area contributed by atoms with Gasteiger partial charge in [0.25, 0.3) is 0 Å². The molecule has 0 atom stereocenters. The molecule has 1 aliphatic rings. The highest BCUT2D eigenvalue weighted by atomic mass is 28.3. The predicted molar refractivity (Wildman–Crippen MR) is 115 cm³/mol. The van der Waals surface area contributed by atoms with Crippen molar-refractivity contribution in [1.29, 1.82) is 0 Å². The summed E-state index contributed by atoms with van der Waals surface area (Å²) >= 11 is 0. The second-order valence-corrected chi connectivity index (χ2v) is 11.8. The number of benzene rings is 2. The number of rotatable bonds is 6. The molecule has 0 nitrogen and oxygen atoms in total. The van der Waals surface area contributed by atoms with E-state index in [1.807, 2.05) is 12.1 Å². The molecule has 0 unspecified atom stereocenters. The highest BCUT2D eigenvalue weighted by Crippen LogP contribution is 2.36. The van der Waals surface area contributed by atoms with Gasteiger partial charge in [0, 0.05) is 14.4 Å². The van der Waals surface area contributed by atoms with E-state index in [4.69, 9.17) is 0 Å². The average Bonchev–Trinajstić information content (AvgIpc) is 2.72. The minimum absolute atomic E-state index is 0.00419. The van der Waals surface area contributed by atoms with Crippen LogP contribution >= 0.6 is 0 Å². The van der Waals surface area contributed by atoms with Crippen molar-refractivity contribution in [2.45, 2.75) is 57.2 Å². The lowest BCUT2D eigenvalue weighted by molar-refractivity contribution is 0.587. The zero-order chi connectivity index (χ0) is 19.2. The van der Waals surface area contributed by atoms with Crippen LogP contribution < -0.4 is 0 Å². The van der Waals surface area contributed by atoms with Gasteiger partial charge < -0.3 is 0 Å². The first kappa shape index (κ1) is 20.0. The maximum Gasteiger partial charge on any atom is 0.158 e. The standard InChI is InChI=1S/C24H30F2Si/c1-18(2)11-14-27-15-12-22(13-16-27)21-5-3-19(4-6-21)20-7-9-23(10-8-20)24(26)17-25/h3-10,17-18,22,27H,11-16H2,1-2H3/b24-17-. The molecule has 0 bridgehead atoms. The van der Waals surface area contributed by atoms with E-state index in [1.54, 1.807) is 12.1 Å². The van der Waals surface area contributed by atoms with Gasteiger partial charge in [0.05, 0.1) is 0 Å². The van der Waals surface area contributed by atoms with Crippen LogP contribution in [-0.2, 0) is 0 Å². The minimum Gasteiger partial charge on any atom is -0.212 e. The maximum absolute atomic E-state index is 13.3. The summed E-state index contributed by atoms with van der Waals surface area (Å²) in [6, 6.07) is 20.3. The topological polar surface area (TPSA) is 0 Å². The molecule has 3 rings (SSSR count). The largest absolute Gasteiger partial charge is 0.212 e. The Balaban J connectivity index is 1.59. The highest BCUT2D eigenvalue weighted by molar-refractivity contribution is 6.59. The molecule has 0 aliphatic carbocycles. The van der Waals surface area contributed by atoms with Crippen LogP contribution in [0.3, 0.4) is 0 Å². The van der Waals surface area contributed by atoms with Crippen LogP contribution in [0, 0.1) is 5.92 Å². The SMILES string of the molecule is CC(C)CC[SiH]1CCC(c2ccc(-c3ccc(/C(F)=C/F)cc3)cc2)CC1. The summed E-state index contributed by atoms with van der Waals surface area (Å²) in [5.74, 6) is 0.735. The third kappa shape index (κ3) is 5.38. The molecule has 0 spiro atoms. The Bertz CT molecular complexity index is 739. The van der Waals surface area contributed by atoms with Crippen LogP contribution in [0.15, 0.2) is 54.9 Å². The minimum atomic E-state index is -0.829. The lowest BCUT2D eigenvalue weighted by Gasteiger charge is -2.28. The van der Waals surface area contributed by atoms with Gasteiger partial charge in [0.2, 0.25) is 0 Å². The van der Waals surface area contributed by atoms with E-state index < -0.39 is 14.6 Å². The Hall–Kier alpha value is -1.74. The molecule has 144 valence electrons. The summed E-state index contributed by atoms with van der Waals surface area (Å²) in [5.41, 5.74) is 3.88. The monoisotopic (exact) mass is 384 g/mol. The normalized spacial score (nSPS) is 20.9. The smallest absolute Gasteiger partial charge is 0.158 e. The first-order valence-corrected chi connectivity index (χ1v) is 12.7. The predicted octanol–water partition coefficient (Wildman–Crippen LogP) is 7.74. The number of hydrogen-bond acceptors (Lipinski definition) is 0. The summed E-state index contributed by atoms with van der Waals surface area (Å²) in [7, 11) is -0.481. The summed E-state index contributed by atoms with van der Waals surface area (Å²) in [6.07, 6.45) is 4.14. The first-order valence-electron chi connectivity index (χ1n) is 10.2. The van der Waals surface area contributed by atoms with E-state index in [1.165, 1.54) is 43.0 Å². The van der Waals surface area contributed by atoms with Crippen molar-refractivity contribution >= 4 is 14.6 Å². The van der Waals surface area contributed by atoms with E-state index in [0.29, 0.717) is 5.92 Å². The Kier molecular flexibility index (Phi) is 7.00. The van der Waals surface area contributed by atoms with Crippen LogP contribution in [0.1, 0.15) is 50.2 Å². The molecule has 3 heteroatoms.